The smallest absolute Gasteiger partial charge is 0.0947 e. The Morgan fingerprint density at radius 2 is 2.36 bits per heavy atom. The van der Waals surface area contributed by atoms with Crippen LogP contribution in [0.15, 0.2) is 23.0 Å². The standard InChI is InChI=1S/C10H17NO3/c1-12-8-10(13-2)6-11-5-9-3-4-14-7-9/h3-4,7,10-11H,5-6,8H2,1-2H3. The molecule has 0 radical (unpaired) electrons. The Labute approximate surface area is 84.2 Å². The highest BCUT2D eigenvalue weighted by atomic mass is 16.5. The molecule has 0 bridgehead atoms. The maximum Gasteiger partial charge on any atom is 0.0947 e. The van der Waals surface area contributed by atoms with Crippen LogP contribution in [0.3, 0.4) is 0 Å². The number of rotatable bonds is 7. The van der Waals surface area contributed by atoms with Crippen LogP contribution >= 0.6 is 0 Å². The van der Waals surface area contributed by atoms with E-state index in [1.807, 2.05) is 6.07 Å². The van der Waals surface area contributed by atoms with Gasteiger partial charge in [0.1, 0.15) is 0 Å². The number of ether oxygens (including phenoxy) is 2. The highest BCUT2D eigenvalue weighted by Gasteiger charge is 2.05. The van der Waals surface area contributed by atoms with Gasteiger partial charge < -0.3 is 19.2 Å². The van der Waals surface area contributed by atoms with Crippen LogP contribution in [-0.4, -0.2) is 33.5 Å². The molecule has 0 aliphatic carbocycles. The average molecular weight is 199 g/mol. The molecule has 4 nitrogen and oxygen atoms in total. The van der Waals surface area contributed by atoms with Crippen molar-refractivity contribution in [3.63, 3.8) is 0 Å². The lowest BCUT2D eigenvalue weighted by atomic mass is 10.3. The van der Waals surface area contributed by atoms with E-state index in [4.69, 9.17) is 13.9 Å². The van der Waals surface area contributed by atoms with Crippen molar-refractivity contribution >= 4 is 0 Å². The first-order chi connectivity index (χ1) is 6.86. The zero-order chi connectivity index (χ0) is 10.2. The number of furan rings is 1. The van der Waals surface area contributed by atoms with Gasteiger partial charge in [0.2, 0.25) is 0 Å². The lowest BCUT2D eigenvalue weighted by Gasteiger charge is -2.14. The molecule has 1 N–H and O–H groups in total. The number of methoxy groups -OCH3 is 2. The molecule has 0 aliphatic heterocycles. The minimum Gasteiger partial charge on any atom is -0.472 e. The summed E-state index contributed by atoms with van der Waals surface area (Å²) in [6.45, 7) is 2.17. The first-order valence-electron chi connectivity index (χ1n) is 4.60. The minimum atomic E-state index is 0.104. The molecule has 4 heteroatoms. The largest absolute Gasteiger partial charge is 0.472 e. The molecule has 0 aromatic carbocycles. The van der Waals surface area contributed by atoms with E-state index in [1.54, 1.807) is 26.7 Å². The van der Waals surface area contributed by atoms with Gasteiger partial charge in [-0.1, -0.05) is 0 Å². The average Bonchev–Trinajstić information content (AvgIpc) is 2.69. The molecule has 0 spiro atoms. The van der Waals surface area contributed by atoms with Crippen LogP contribution in [0.4, 0.5) is 0 Å². The van der Waals surface area contributed by atoms with Gasteiger partial charge in [-0.2, -0.15) is 0 Å². The van der Waals surface area contributed by atoms with Gasteiger partial charge >= 0.3 is 0 Å². The summed E-state index contributed by atoms with van der Waals surface area (Å²) in [4.78, 5) is 0. The van der Waals surface area contributed by atoms with E-state index in [0.717, 1.165) is 18.7 Å². The predicted molar refractivity (Wildman–Crippen MR) is 53.1 cm³/mol. The van der Waals surface area contributed by atoms with Crippen LogP contribution in [-0.2, 0) is 16.0 Å². The summed E-state index contributed by atoms with van der Waals surface area (Å²) in [7, 11) is 3.35. The van der Waals surface area contributed by atoms with Crippen LogP contribution in [0.1, 0.15) is 5.56 Å². The van der Waals surface area contributed by atoms with Crippen molar-refractivity contribution < 1.29 is 13.9 Å². The van der Waals surface area contributed by atoms with Crippen LogP contribution < -0.4 is 5.32 Å². The maximum atomic E-state index is 5.20. The van der Waals surface area contributed by atoms with E-state index < -0.39 is 0 Å². The Hall–Kier alpha value is -0.840. The second-order valence-electron chi connectivity index (χ2n) is 3.08. The van der Waals surface area contributed by atoms with Crippen molar-refractivity contribution in [1.82, 2.24) is 5.32 Å². The number of hydrogen-bond acceptors (Lipinski definition) is 4. The molecule has 1 aromatic heterocycles. The van der Waals surface area contributed by atoms with Crippen molar-refractivity contribution in [2.45, 2.75) is 12.6 Å². The summed E-state index contributed by atoms with van der Waals surface area (Å²) in [5, 5.41) is 3.26. The molecule has 80 valence electrons. The molecule has 0 fully saturated rings. The molecule has 0 amide bonds. The minimum absolute atomic E-state index is 0.104. The fraction of sp³-hybridized carbons (Fsp3) is 0.600. The molecule has 1 aromatic rings. The normalized spacial score (nSPS) is 13.0. The Bertz CT molecular complexity index is 223. The van der Waals surface area contributed by atoms with Crippen molar-refractivity contribution in [3.05, 3.63) is 24.2 Å². The van der Waals surface area contributed by atoms with Gasteiger partial charge in [0, 0.05) is 32.9 Å². The maximum absolute atomic E-state index is 5.20. The summed E-state index contributed by atoms with van der Waals surface area (Å²) in [5.41, 5.74) is 1.14. The van der Waals surface area contributed by atoms with Gasteiger partial charge in [0.15, 0.2) is 0 Å². The fourth-order valence-electron chi connectivity index (χ4n) is 1.17. The van der Waals surface area contributed by atoms with Gasteiger partial charge in [-0.05, 0) is 6.07 Å². The zero-order valence-corrected chi connectivity index (χ0v) is 8.66. The van der Waals surface area contributed by atoms with Gasteiger partial charge in [0.05, 0.1) is 25.2 Å². The van der Waals surface area contributed by atoms with E-state index in [9.17, 15) is 0 Å². The summed E-state index contributed by atoms with van der Waals surface area (Å²) in [6, 6.07) is 1.94. The highest BCUT2D eigenvalue weighted by molar-refractivity contribution is 5.04. The lowest BCUT2D eigenvalue weighted by molar-refractivity contribution is 0.0288. The third-order valence-corrected chi connectivity index (χ3v) is 1.97. The molecule has 0 saturated heterocycles. The Kier molecular flexibility index (Phi) is 5.29. The van der Waals surface area contributed by atoms with Crippen molar-refractivity contribution in [1.29, 1.82) is 0 Å². The summed E-state index contributed by atoms with van der Waals surface area (Å²) >= 11 is 0. The van der Waals surface area contributed by atoms with E-state index in [-0.39, 0.29) is 6.10 Å². The first kappa shape index (κ1) is 11.2. The van der Waals surface area contributed by atoms with Gasteiger partial charge in [-0.3, -0.25) is 0 Å². The molecule has 1 atom stereocenters. The first-order valence-corrected chi connectivity index (χ1v) is 4.60. The molecular formula is C10H17NO3. The van der Waals surface area contributed by atoms with Crippen LogP contribution in [0, 0.1) is 0 Å². The third kappa shape index (κ3) is 3.91. The quantitative estimate of drug-likeness (QED) is 0.712. The number of hydrogen-bond donors (Lipinski definition) is 1. The monoisotopic (exact) mass is 199 g/mol. The molecule has 1 rings (SSSR count). The third-order valence-electron chi connectivity index (χ3n) is 1.97. The van der Waals surface area contributed by atoms with E-state index in [0.29, 0.717) is 6.61 Å². The van der Waals surface area contributed by atoms with E-state index >= 15 is 0 Å². The predicted octanol–water partition coefficient (Wildman–Crippen LogP) is 1.03. The SMILES string of the molecule is COCC(CNCc1ccoc1)OC. The van der Waals surface area contributed by atoms with Crippen LogP contribution in [0.5, 0.6) is 0 Å². The summed E-state index contributed by atoms with van der Waals surface area (Å²) in [5.74, 6) is 0. The molecular weight excluding hydrogens is 182 g/mol. The summed E-state index contributed by atoms with van der Waals surface area (Å²) < 4.78 is 15.1. The van der Waals surface area contributed by atoms with Gasteiger partial charge in [0.25, 0.3) is 0 Å². The molecule has 0 saturated carbocycles. The highest BCUT2D eigenvalue weighted by Crippen LogP contribution is 1.98. The van der Waals surface area contributed by atoms with Crippen LogP contribution in [0.25, 0.3) is 0 Å². The molecule has 1 heterocycles. The number of nitrogens with one attached hydrogen (secondary N) is 1. The van der Waals surface area contributed by atoms with E-state index in [1.165, 1.54) is 0 Å². The van der Waals surface area contributed by atoms with Crippen molar-refractivity contribution in [2.24, 2.45) is 0 Å². The Morgan fingerprint density at radius 1 is 1.50 bits per heavy atom. The lowest BCUT2D eigenvalue weighted by Crippen LogP contribution is -2.31. The van der Waals surface area contributed by atoms with Crippen molar-refractivity contribution in [2.75, 3.05) is 27.4 Å². The fourth-order valence-corrected chi connectivity index (χ4v) is 1.17. The molecule has 14 heavy (non-hydrogen) atoms. The van der Waals surface area contributed by atoms with Crippen LogP contribution in [0.2, 0.25) is 0 Å². The molecule has 0 aliphatic rings. The second kappa shape index (κ2) is 6.59. The van der Waals surface area contributed by atoms with Crippen molar-refractivity contribution in [3.8, 4) is 0 Å². The topological polar surface area (TPSA) is 43.6 Å². The second-order valence-corrected chi connectivity index (χ2v) is 3.08. The van der Waals surface area contributed by atoms with Gasteiger partial charge in [-0.15, -0.1) is 0 Å². The molecule has 1 unspecified atom stereocenters. The Balaban J connectivity index is 2.13. The van der Waals surface area contributed by atoms with Gasteiger partial charge in [-0.25, -0.2) is 0 Å². The summed E-state index contributed by atoms with van der Waals surface area (Å²) in [6.07, 6.45) is 3.50. The Morgan fingerprint density at radius 3 is 2.93 bits per heavy atom. The van der Waals surface area contributed by atoms with E-state index in [2.05, 4.69) is 5.32 Å². The zero-order valence-electron chi connectivity index (χ0n) is 8.66.